The van der Waals surface area contributed by atoms with Gasteiger partial charge in [-0.15, -0.1) is 0 Å². The molecule has 0 radical (unpaired) electrons. The summed E-state index contributed by atoms with van der Waals surface area (Å²) in [6, 6.07) is 9.12. The highest BCUT2D eigenvalue weighted by atomic mass is 35.5. The Bertz CT molecular complexity index is 697. The molecule has 134 valence electrons. The fourth-order valence-corrected chi connectivity index (χ4v) is 2.67. The van der Waals surface area contributed by atoms with E-state index in [-0.39, 0.29) is 6.03 Å². The predicted molar refractivity (Wildman–Crippen MR) is 97.0 cm³/mol. The Balaban J connectivity index is 1.41. The first kappa shape index (κ1) is 17.6. The minimum Gasteiger partial charge on any atom is -0.492 e. The molecule has 1 aliphatic carbocycles. The van der Waals surface area contributed by atoms with Gasteiger partial charge in [-0.1, -0.05) is 11.6 Å². The minimum atomic E-state index is -0.107. The number of hydrogen-bond donors (Lipinski definition) is 2. The summed E-state index contributed by atoms with van der Waals surface area (Å²) in [5.41, 5.74) is 2.04. The van der Waals surface area contributed by atoms with Gasteiger partial charge in [-0.3, -0.25) is 5.10 Å². The summed E-state index contributed by atoms with van der Waals surface area (Å²) >= 11 is 5.84. The zero-order valence-electron chi connectivity index (χ0n) is 14.3. The molecule has 0 bridgehead atoms. The summed E-state index contributed by atoms with van der Waals surface area (Å²) in [5.74, 6) is 1.35. The number of aromatic amines is 1. The van der Waals surface area contributed by atoms with Crippen molar-refractivity contribution in [1.29, 1.82) is 0 Å². The summed E-state index contributed by atoms with van der Waals surface area (Å²) in [4.78, 5) is 14.0. The summed E-state index contributed by atoms with van der Waals surface area (Å²) in [6.45, 7) is 3.96. The molecule has 0 atom stereocenters. The van der Waals surface area contributed by atoms with Crippen LogP contribution in [0.1, 0.15) is 37.1 Å². The number of carbonyl (C=O) groups is 1. The Morgan fingerprint density at radius 2 is 2.16 bits per heavy atom. The van der Waals surface area contributed by atoms with Crippen LogP contribution in [0.5, 0.6) is 5.75 Å². The van der Waals surface area contributed by atoms with E-state index in [9.17, 15) is 4.79 Å². The molecular formula is C18H23ClN4O2. The van der Waals surface area contributed by atoms with E-state index in [1.807, 2.05) is 25.1 Å². The van der Waals surface area contributed by atoms with Crippen molar-refractivity contribution in [3.8, 4) is 5.75 Å². The van der Waals surface area contributed by atoms with Crippen LogP contribution in [0.4, 0.5) is 4.79 Å². The van der Waals surface area contributed by atoms with Crippen molar-refractivity contribution in [1.82, 2.24) is 20.4 Å². The largest absolute Gasteiger partial charge is 0.492 e. The number of rotatable bonds is 8. The van der Waals surface area contributed by atoms with E-state index in [0.29, 0.717) is 37.2 Å². The molecule has 1 aromatic carbocycles. The number of hydrogen-bond acceptors (Lipinski definition) is 3. The maximum absolute atomic E-state index is 12.3. The number of nitrogens with one attached hydrogen (secondary N) is 2. The van der Waals surface area contributed by atoms with E-state index in [4.69, 9.17) is 16.3 Å². The Morgan fingerprint density at radius 3 is 2.84 bits per heavy atom. The number of benzene rings is 1. The van der Waals surface area contributed by atoms with Crippen LogP contribution in [0.25, 0.3) is 0 Å². The highest BCUT2D eigenvalue weighted by Gasteiger charge is 2.26. The smallest absolute Gasteiger partial charge is 0.317 e. The van der Waals surface area contributed by atoms with Gasteiger partial charge in [-0.05, 0) is 50.1 Å². The molecule has 2 N–H and O–H groups in total. The molecule has 7 heteroatoms. The summed E-state index contributed by atoms with van der Waals surface area (Å²) in [6.07, 6.45) is 2.43. The first-order valence-electron chi connectivity index (χ1n) is 8.61. The number of H-pyrrole nitrogens is 1. The topological polar surface area (TPSA) is 70.2 Å². The Morgan fingerprint density at radius 1 is 1.40 bits per heavy atom. The lowest BCUT2D eigenvalue weighted by atomic mass is 10.3. The van der Waals surface area contributed by atoms with Crippen LogP contribution in [0.3, 0.4) is 0 Å². The number of aromatic nitrogens is 2. The highest BCUT2D eigenvalue weighted by molar-refractivity contribution is 6.30. The summed E-state index contributed by atoms with van der Waals surface area (Å²) in [7, 11) is 0. The number of halogens is 1. The van der Waals surface area contributed by atoms with E-state index in [1.54, 1.807) is 17.0 Å². The minimum absolute atomic E-state index is 0.107. The van der Waals surface area contributed by atoms with Gasteiger partial charge in [0.25, 0.3) is 0 Å². The Kier molecular flexibility index (Phi) is 5.81. The van der Waals surface area contributed by atoms with Crippen molar-refractivity contribution in [3.05, 3.63) is 46.7 Å². The van der Waals surface area contributed by atoms with Crippen LogP contribution < -0.4 is 10.1 Å². The van der Waals surface area contributed by atoms with Crippen molar-refractivity contribution in [2.75, 3.05) is 19.7 Å². The lowest BCUT2D eigenvalue weighted by molar-refractivity contribution is 0.185. The van der Waals surface area contributed by atoms with Crippen molar-refractivity contribution >= 4 is 17.6 Å². The van der Waals surface area contributed by atoms with Gasteiger partial charge in [-0.25, -0.2) is 4.79 Å². The number of likely N-dealkylation sites (N-methyl/N-ethyl adjacent to an activating group) is 1. The maximum Gasteiger partial charge on any atom is 0.317 e. The van der Waals surface area contributed by atoms with Crippen molar-refractivity contribution in [2.24, 2.45) is 0 Å². The van der Waals surface area contributed by atoms with E-state index < -0.39 is 0 Å². The van der Waals surface area contributed by atoms with Crippen LogP contribution in [-0.2, 0) is 6.54 Å². The summed E-state index contributed by atoms with van der Waals surface area (Å²) in [5, 5.41) is 10.9. The molecule has 1 fully saturated rings. The van der Waals surface area contributed by atoms with Gasteiger partial charge in [-0.2, -0.15) is 5.10 Å². The normalized spacial score (nSPS) is 13.5. The van der Waals surface area contributed by atoms with Crippen LogP contribution >= 0.6 is 11.6 Å². The predicted octanol–water partition coefficient (Wildman–Crippen LogP) is 3.55. The summed E-state index contributed by atoms with van der Waals surface area (Å²) < 4.78 is 5.65. The number of nitrogens with zero attached hydrogens (tertiary/aromatic N) is 2. The standard InChI is InChI=1S/C18H23ClN4O2/c1-2-23(9-10-25-16-7-5-14(19)6-8-16)18(24)20-12-15-11-17(22-21-15)13-3-4-13/h5-8,11,13H,2-4,9-10,12H2,1H3,(H,20,24)(H,21,22). The number of amides is 2. The second-order valence-corrected chi connectivity index (χ2v) is 6.57. The van der Waals surface area contributed by atoms with Crippen LogP contribution in [0, 0.1) is 0 Å². The number of urea groups is 1. The second-order valence-electron chi connectivity index (χ2n) is 6.13. The van der Waals surface area contributed by atoms with Crippen molar-refractivity contribution < 1.29 is 9.53 Å². The molecule has 0 spiro atoms. The van der Waals surface area contributed by atoms with Gasteiger partial charge in [0.15, 0.2) is 0 Å². The van der Waals surface area contributed by atoms with E-state index in [0.717, 1.165) is 17.1 Å². The lowest BCUT2D eigenvalue weighted by Gasteiger charge is -2.21. The quantitative estimate of drug-likeness (QED) is 0.754. The molecular weight excluding hydrogens is 340 g/mol. The van der Waals surface area contributed by atoms with Crippen LogP contribution in [-0.4, -0.2) is 40.8 Å². The van der Waals surface area contributed by atoms with Crippen molar-refractivity contribution in [2.45, 2.75) is 32.2 Å². The highest BCUT2D eigenvalue weighted by Crippen LogP contribution is 2.38. The van der Waals surface area contributed by atoms with Gasteiger partial charge < -0.3 is 15.0 Å². The molecule has 25 heavy (non-hydrogen) atoms. The van der Waals surface area contributed by atoms with Gasteiger partial charge in [0.05, 0.1) is 24.5 Å². The Labute approximate surface area is 152 Å². The third-order valence-corrected chi connectivity index (χ3v) is 4.44. The molecule has 0 saturated heterocycles. The Hall–Kier alpha value is -2.21. The van der Waals surface area contributed by atoms with E-state index in [2.05, 4.69) is 15.5 Å². The molecule has 0 unspecified atom stereocenters. The third-order valence-electron chi connectivity index (χ3n) is 4.19. The van der Waals surface area contributed by atoms with Gasteiger partial charge in [0.2, 0.25) is 0 Å². The van der Waals surface area contributed by atoms with Crippen molar-refractivity contribution in [3.63, 3.8) is 0 Å². The van der Waals surface area contributed by atoms with Crippen LogP contribution in [0.2, 0.25) is 5.02 Å². The molecule has 3 rings (SSSR count). The SMILES string of the molecule is CCN(CCOc1ccc(Cl)cc1)C(=O)NCc1cc(C2CC2)n[nH]1. The first-order chi connectivity index (χ1) is 12.2. The molecule has 6 nitrogen and oxygen atoms in total. The third kappa shape index (κ3) is 5.13. The molecule has 2 aromatic rings. The van der Waals surface area contributed by atoms with Gasteiger partial charge in [0.1, 0.15) is 12.4 Å². The number of carbonyl (C=O) groups excluding carboxylic acids is 1. The zero-order valence-corrected chi connectivity index (χ0v) is 15.1. The monoisotopic (exact) mass is 362 g/mol. The maximum atomic E-state index is 12.3. The zero-order chi connectivity index (χ0) is 17.6. The van der Waals surface area contributed by atoms with E-state index in [1.165, 1.54) is 12.8 Å². The van der Waals surface area contributed by atoms with Crippen LogP contribution in [0.15, 0.2) is 30.3 Å². The molecule has 1 heterocycles. The fourth-order valence-electron chi connectivity index (χ4n) is 2.55. The fraction of sp³-hybridized carbons (Fsp3) is 0.444. The van der Waals surface area contributed by atoms with E-state index >= 15 is 0 Å². The molecule has 1 saturated carbocycles. The average molecular weight is 363 g/mol. The molecule has 0 aliphatic heterocycles. The molecule has 1 aliphatic rings. The lowest BCUT2D eigenvalue weighted by Crippen LogP contribution is -2.41. The van der Waals surface area contributed by atoms with Gasteiger partial charge in [0, 0.05) is 17.5 Å². The molecule has 1 aromatic heterocycles. The first-order valence-corrected chi connectivity index (χ1v) is 8.99. The second kappa shape index (κ2) is 8.25. The average Bonchev–Trinajstić information content (AvgIpc) is 3.37. The number of ether oxygens (including phenoxy) is 1. The van der Waals surface area contributed by atoms with Gasteiger partial charge >= 0.3 is 6.03 Å². The molecule has 2 amide bonds.